The van der Waals surface area contributed by atoms with Crippen LogP contribution in [0.2, 0.25) is 0 Å². The van der Waals surface area contributed by atoms with Crippen LogP contribution in [0.5, 0.6) is 0 Å². The lowest BCUT2D eigenvalue weighted by Crippen LogP contribution is -2.07. The van der Waals surface area contributed by atoms with Crippen LogP contribution < -0.4 is 5.73 Å². The van der Waals surface area contributed by atoms with E-state index in [-0.39, 0.29) is 11.4 Å². The molecule has 82 valence electrons. The molecular formula is C11H9FN2O2. The monoisotopic (exact) mass is 220 g/mol. The molecule has 0 spiro atoms. The molecule has 0 unspecified atom stereocenters. The molecule has 0 aliphatic rings. The number of halogens is 1. The third kappa shape index (κ3) is 1.67. The van der Waals surface area contributed by atoms with Crippen LogP contribution in [0.4, 0.5) is 10.2 Å². The van der Waals surface area contributed by atoms with Crippen molar-refractivity contribution in [2.45, 2.75) is 0 Å². The number of esters is 1. The van der Waals surface area contributed by atoms with Gasteiger partial charge < -0.3 is 10.5 Å². The molecule has 0 aliphatic carbocycles. The zero-order chi connectivity index (χ0) is 11.7. The molecule has 2 aromatic rings. The number of nitrogen functional groups attached to an aromatic ring is 1. The van der Waals surface area contributed by atoms with Crippen LogP contribution >= 0.6 is 0 Å². The van der Waals surface area contributed by atoms with E-state index in [1.165, 1.54) is 31.4 Å². The van der Waals surface area contributed by atoms with Crippen molar-refractivity contribution in [2.24, 2.45) is 0 Å². The van der Waals surface area contributed by atoms with Gasteiger partial charge in [0.05, 0.1) is 12.6 Å². The summed E-state index contributed by atoms with van der Waals surface area (Å²) in [5.41, 5.74) is 6.27. The number of pyridine rings is 1. The first-order chi connectivity index (χ1) is 7.61. The molecule has 0 aliphatic heterocycles. The number of fused-ring (bicyclic) bond motifs is 1. The maximum atomic E-state index is 13.0. The molecule has 1 heterocycles. The average molecular weight is 220 g/mol. The number of carbonyl (C=O) groups is 1. The lowest BCUT2D eigenvalue weighted by molar-refractivity contribution is 0.0602. The Kier molecular flexibility index (Phi) is 2.44. The topological polar surface area (TPSA) is 65.2 Å². The normalized spacial score (nSPS) is 10.4. The van der Waals surface area contributed by atoms with Crippen molar-refractivity contribution in [1.82, 2.24) is 4.98 Å². The second-order valence-electron chi connectivity index (χ2n) is 3.25. The Bertz CT molecular complexity index is 569. The highest BCUT2D eigenvalue weighted by Crippen LogP contribution is 2.19. The van der Waals surface area contributed by atoms with E-state index in [9.17, 15) is 9.18 Å². The molecule has 0 amide bonds. The average Bonchev–Trinajstić information content (AvgIpc) is 2.28. The van der Waals surface area contributed by atoms with Crippen LogP contribution in [0.3, 0.4) is 0 Å². The minimum Gasteiger partial charge on any atom is -0.465 e. The molecule has 1 aromatic carbocycles. The summed E-state index contributed by atoms with van der Waals surface area (Å²) in [5, 5.41) is 0.509. The summed E-state index contributed by atoms with van der Waals surface area (Å²) in [6, 6.07) is 5.54. The zero-order valence-electron chi connectivity index (χ0n) is 8.53. The van der Waals surface area contributed by atoms with Crippen LogP contribution in [0, 0.1) is 5.82 Å². The van der Waals surface area contributed by atoms with Gasteiger partial charge in [-0.2, -0.15) is 0 Å². The molecule has 2 N–H and O–H groups in total. The highest BCUT2D eigenvalue weighted by atomic mass is 19.1. The van der Waals surface area contributed by atoms with Crippen molar-refractivity contribution in [3.63, 3.8) is 0 Å². The van der Waals surface area contributed by atoms with Gasteiger partial charge in [0.15, 0.2) is 0 Å². The number of aromatic nitrogens is 1. The standard InChI is InChI=1S/C11H9FN2O2/c1-16-11(15)8-5-6-4-7(12)2-3-9(6)14-10(8)13/h2-5H,1H3,(H2,13,14). The van der Waals surface area contributed by atoms with Gasteiger partial charge in [-0.25, -0.2) is 14.2 Å². The van der Waals surface area contributed by atoms with Crippen molar-refractivity contribution >= 4 is 22.7 Å². The molecule has 0 radical (unpaired) electrons. The number of carbonyl (C=O) groups excluding carboxylic acids is 1. The van der Waals surface area contributed by atoms with E-state index < -0.39 is 11.8 Å². The van der Waals surface area contributed by atoms with Gasteiger partial charge in [-0.1, -0.05) is 0 Å². The van der Waals surface area contributed by atoms with Gasteiger partial charge >= 0.3 is 5.97 Å². The van der Waals surface area contributed by atoms with Gasteiger partial charge in [-0.15, -0.1) is 0 Å². The number of rotatable bonds is 1. The number of methoxy groups -OCH3 is 1. The van der Waals surface area contributed by atoms with E-state index in [1.807, 2.05) is 0 Å². The molecule has 4 nitrogen and oxygen atoms in total. The number of nitrogens with two attached hydrogens (primary N) is 1. The third-order valence-corrected chi connectivity index (χ3v) is 2.21. The summed E-state index contributed by atoms with van der Waals surface area (Å²) in [4.78, 5) is 15.3. The number of benzene rings is 1. The lowest BCUT2D eigenvalue weighted by atomic mass is 10.1. The Morgan fingerprint density at radius 1 is 1.44 bits per heavy atom. The maximum Gasteiger partial charge on any atom is 0.341 e. The summed E-state index contributed by atoms with van der Waals surface area (Å²) in [6.45, 7) is 0. The molecule has 16 heavy (non-hydrogen) atoms. The molecule has 0 saturated heterocycles. The third-order valence-electron chi connectivity index (χ3n) is 2.21. The number of hydrogen-bond donors (Lipinski definition) is 1. The van der Waals surface area contributed by atoms with Crippen LogP contribution in [0.25, 0.3) is 10.9 Å². The molecule has 1 aromatic heterocycles. The fourth-order valence-electron chi connectivity index (χ4n) is 1.44. The van der Waals surface area contributed by atoms with E-state index in [4.69, 9.17) is 5.73 Å². The molecule has 0 bridgehead atoms. The van der Waals surface area contributed by atoms with Gasteiger partial charge in [0.2, 0.25) is 0 Å². The van der Waals surface area contributed by atoms with Crippen molar-refractivity contribution in [3.05, 3.63) is 35.6 Å². The van der Waals surface area contributed by atoms with Gasteiger partial charge in [-0.3, -0.25) is 0 Å². The van der Waals surface area contributed by atoms with Gasteiger partial charge in [0.25, 0.3) is 0 Å². The van der Waals surface area contributed by atoms with Gasteiger partial charge in [-0.05, 0) is 24.3 Å². The summed E-state index contributed by atoms with van der Waals surface area (Å²) >= 11 is 0. The molecule has 2 rings (SSSR count). The zero-order valence-corrected chi connectivity index (χ0v) is 8.53. The highest BCUT2D eigenvalue weighted by Gasteiger charge is 2.12. The molecule has 0 saturated carbocycles. The van der Waals surface area contributed by atoms with Crippen LogP contribution in [-0.2, 0) is 4.74 Å². The minimum absolute atomic E-state index is 0.0750. The summed E-state index contributed by atoms with van der Waals surface area (Å²) in [7, 11) is 1.25. The van der Waals surface area contributed by atoms with E-state index in [1.54, 1.807) is 0 Å². The first-order valence-corrected chi connectivity index (χ1v) is 4.56. The van der Waals surface area contributed by atoms with Gasteiger partial charge in [0.1, 0.15) is 17.2 Å². The van der Waals surface area contributed by atoms with E-state index in [0.717, 1.165) is 0 Å². The van der Waals surface area contributed by atoms with E-state index in [2.05, 4.69) is 9.72 Å². The fraction of sp³-hybridized carbons (Fsp3) is 0.0909. The SMILES string of the molecule is COC(=O)c1cc2cc(F)ccc2nc1N. The van der Waals surface area contributed by atoms with E-state index >= 15 is 0 Å². The first-order valence-electron chi connectivity index (χ1n) is 4.56. The summed E-state index contributed by atoms with van der Waals surface area (Å²) < 4.78 is 17.5. The smallest absolute Gasteiger partial charge is 0.341 e. The Balaban J connectivity index is 2.68. The van der Waals surface area contributed by atoms with Crippen molar-refractivity contribution in [1.29, 1.82) is 0 Å². The largest absolute Gasteiger partial charge is 0.465 e. The van der Waals surface area contributed by atoms with Crippen molar-refractivity contribution in [2.75, 3.05) is 12.8 Å². The van der Waals surface area contributed by atoms with Crippen molar-refractivity contribution < 1.29 is 13.9 Å². The second kappa shape index (κ2) is 3.77. The number of hydrogen-bond acceptors (Lipinski definition) is 4. The molecular weight excluding hydrogens is 211 g/mol. The molecule has 0 atom stereocenters. The fourth-order valence-corrected chi connectivity index (χ4v) is 1.44. The van der Waals surface area contributed by atoms with Crippen LogP contribution in [-0.4, -0.2) is 18.1 Å². The highest BCUT2D eigenvalue weighted by molar-refractivity contribution is 5.98. The Morgan fingerprint density at radius 2 is 2.19 bits per heavy atom. The predicted octanol–water partition coefficient (Wildman–Crippen LogP) is 1.74. The summed E-state index contributed by atoms with van der Waals surface area (Å²) in [6.07, 6.45) is 0. The van der Waals surface area contributed by atoms with E-state index in [0.29, 0.717) is 10.9 Å². The quantitative estimate of drug-likeness (QED) is 0.743. The first kappa shape index (κ1) is 10.4. The maximum absolute atomic E-state index is 13.0. The van der Waals surface area contributed by atoms with Crippen LogP contribution in [0.15, 0.2) is 24.3 Å². The number of ether oxygens (including phenoxy) is 1. The minimum atomic E-state index is -0.587. The second-order valence-corrected chi connectivity index (χ2v) is 3.25. The predicted molar refractivity (Wildman–Crippen MR) is 57.5 cm³/mol. The van der Waals surface area contributed by atoms with Crippen molar-refractivity contribution in [3.8, 4) is 0 Å². The molecule has 0 fully saturated rings. The summed E-state index contributed by atoms with van der Waals surface area (Å²) in [5.74, 6) is -0.906. The molecule has 5 heteroatoms. The lowest BCUT2D eigenvalue weighted by Gasteiger charge is -2.05. The van der Waals surface area contributed by atoms with Crippen LogP contribution in [0.1, 0.15) is 10.4 Å². The Labute approximate surface area is 90.8 Å². The Hall–Kier alpha value is -2.17. The Morgan fingerprint density at radius 3 is 2.88 bits per heavy atom. The van der Waals surface area contributed by atoms with Gasteiger partial charge in [0, 0.05) is 5.39 Å². The number of nitrogens with zero attached hydrogens (tertiary/aromatic N) is 1. The number of anilines is 1.